The lowest BCUT2D eigenvalue weighted by Crippen LogP contribution is -2.55. The third kappa shape index (κ3) is 2.05. The molecule has 0 aromatic heterocycles. The van der Waals surface area contributed by atoms with Gasteiger partial charge in [0.15, 0.2) is 0 Å². The van der Waals surface area contributed by atoms with E-state index < -0.39 is 12.2 Å². The molecule has 23 heavy (non-hydrogen) atoms. The molecule has 0 bridgehead atoms. The third-order valence-electron chi connectivity index (χ3n) is 8.78. The lowest BCUT2D eigenvalue weighted by molar-refractivity contribution is -0.149. The summed E-state index contributed by atoms with van der Waals surface area (Å²) in [5.74, 6) is 3.00. The van der Waals surface area contributed by atoms with Gasteiger partial charge in [0.25, 0.3) is 0 Å². The van der Waals surface area contributed by atoms with Crippen molar-refractivity contribution in [2.45, 2.75) is 77.9 Å². The molecule has 4 aliphatic carbocycles. The summed E-state index contributed by atoms with van der Waals surface area (Å²) >= 11 is 0. The zero-order chi connectivity index (χ0) is 16.6. The van der Waals surface area contributed by atoms with E-state index in [0.717, 1.165) is 38.5 Å². The second-order valence-electron chi connectivity index (χ2n) is 9.72. The molecular weight excluding hydrogens is 288 g/mol. The summed E-state index contributed by atoms with van der Waals surface area (Å²) in [6, 6.07) is 0. The monoisotopic (exact) mass is 320 g/mol. The highest BCUT2D eigenvalue weighted by molar-refractivity contribution is 5.82. The Labute approximate surface area is 139 Å². The fourth-order valence-corrected chi connectivity index (χ4v) is 7.39. The van der Waals surface area contributed by atoms with E-state index in [4.69, 9.17) is 0 Å². The van der Waals surface area contributed by atoms with Crippen LogP contribution in [0, 0.1) is 40.4 Å². The van der Waals surface area contributed by atoms with Gasteiger partial charge in [0.1, 0.15) is 5.78 Å². The Morgan fingerprint density at radius 1 is 1.04 bits per heavy atom. The highest BCUT2D eigenvalue weighted by Crippen LogP contribution is 2.66. The molecule has 4 fully saturated rings. The first-order chi connectivity index (χ1) is 10.8. The topological polar surface area (TPSA) is 57.5 Å². The van der Waals surface area contributed by atoms with Crippen molar-refractivity contribution in [3.8, 4) is 0 Å². The number of hydrogen-bond donors (Lipinski definition) is 2. The molecule has 2 N–H and O–H groups in total. The van der Waals surface area contributed by atoms with Crippen LogP contribution in [-0.2, 0) is 4.79 Å². The van der Waals surface area contributed by atoms with Crippen LogP contribution in [0.4, 0.5) is 0 Å². The fraction of sp³-hybridized carbons (Fsp3) is 0.950. The van der Waals surface area contributed by atoms with Gasteiger partial charge >= 0.3 is 0 Å². The zero-order valence-electron chi connectivity index (χ0n) is 14.8. The summed E-state index contributed by atoms with van der Waals surface area (Å²) in [5, 5.41) is 20.8. The molecule has 130 valence electrons. The maximum Gasteiger partial charge on any atom is 0.136 e. The fourth-order valence-electron chi connectivity index (χ4n) is 7.39. The molecule has 0 spiro atoms. The number of aliphatic hydroxyl groups is 2. The number of carbonyl (C=O) groups is 1. The molecule has 0 saturated heterocycles. The van der Waals surface area contributed by atoms with Crippen molar-refractivity contribution in [3.05, 3.63) is 0 Å². The molecule has 0 aliphatic heterocycles. The van der Waals surface area contributed by atoms with E-state index in [0.29, 0.717) is 29.5 Å². The van der Waals surface area contributed by atoms with E-state index in [-0.39, 0.29) is 16.7 Å². The van der Waals surface area contributed by atoms with Crippen LogP contribution < -0.4 is 0 Å². The SMILES string of the molecule is C[C@@H]1C[C@@]2(C)[C@H](CC[C@@H]3[C@@H]2CC[C@]2(C)[C@@H](O)[C@@H](O)C[C@@H]32)CC1=O. The third-order valence-corrected chi connectivity index (χ3v) is 8.78. The lowest BCUT2D eigenvalue weighted by Gasteiger charge is -2.60. The van der Waals surface area contributed by atoms with Gasteiger partial charge in [0.2, 0.25) is 0 Å². The minimum absolute atomic E-state index is 0.0973. The molecular formula is C20H32O3. The van der Waals surface area contributed by atoms with Crippen molar-refractivity contribution in [3.63, 3.8) is 0 Å². The lowest BCUT2D eigenvalue weighted by atomic mass is 9.44. The van der Waals surface area contributed by atoms with E-state index >= 15 is 0 Å². The molecule has 0 amide bonds. The Balaban J connectivity index is 1.65. The number of rotatable bonds is 0. The van der Waals surface area contributed by atoms with Crippen LogP contribution in [0.3, 0.4) is 0 Å². The summed E-state index contributed by atoms with van der Waals surface area (Å²) in [5.41, 5.74) is 0.190. The average molecular weight is 320 g/mol. The molecule has 0 aromatic carbocycles. The Hall–Kier alpha value is -0.410. The van der Waals surface area contributed by atoms with Gasteiger partial charge in [0.05, 0.1) is 12.2 Å². The number of aliphatic hydroxyl groups excluding tert-OH is 2. The van der Waals surface area contributed by atoms with Gasteiger partial charge in [-0.3, -0.25) is 4.79 Å². The van der Waals surface area contributed by atoms with E-state index in [1.165, 1.54) is 6.42 Å². The Morgan fingerprint density at radius 3 is 2.52 bits per heavy atom. The van der Waals surface area contributed by atoms with Gasteiger partial charge in [-0.25, -0.2) is 0 Å². The van der Waals surface area contributed by atoms with Gasteiger partial charge in [-0.15, -0.1) is 0 Å². The Bertz CT molecular complexity index is 517. The van der Waals surface area contributed by atoms with Crippen LogP contribution in [0.2, 0.25) is 0 Å². The number of hydrogen-bond acceptors (Lipinski definition) is 3. The molecule has 3 nitrogen and oxygen atoms in total. The van der Waals surface area contributed by atoms with Gasteiger partial charge in [0, 0.05) is 12.3 Å². The molecule has 9 atom stereocenters. The summed E-state index contributed by atoms with van der Waals surface area (Å²) in [6.45, 7) is 6.77. The molecule has 3 heteroatoms. The predicted molar refractivity (Wildman–Crippen MR) is 88.7 cm³/mol. The maximum atomic E-state index is 12.2. The minimum atomic E-state index is -0.550. The molecule has 0 aromatic rings. The molecule has 4 rings (SSSR count). The first-order valence-corrected chi connectivity index (χ1v) is 9.66. The van der Waals surface area contributed by atoms with Crippen LogP contribution in [0.15, 0.2) is 0 Å². The molecule has 0 unspecified atom stereocenters. The quantitative estimate of drug-likeness (QED) is 0.721. The second-order valence-corrected chi connectivity index (χ2v) is 9.72. The zero-order valence-corrected chi connectivity index (χ0v) is 14.8. The highest BCUT2D eigenvalue weighted by Gasteiger charge is 2.62. The smallest absolute Gasteiger partial charge is 0.136 e. The number of ketones is 1. The van der Waals surface area contributed by atoms with Crippen molar-refractivity contribution in [2.75, 3.05) is 0 Å². The number of Topliss-reactive ketones (excluding diaryl/α,β-unsaturated/α-hetero) is 1. The molecule has 4 saturated carbocycles. The van der Waals surface area contributed by atoms with Crippen LogP contribution in [0.1, 0.15) is 65.7 Å². The van der Waals surface area contributed by atoms with Crippen molar-refractivity contribution in [1.82, 2.24) is 0 Å². The Morgan fingerprint density at radius 2 is 1.78 bits per heavy atom. The molecule has 4 aliphatic rings. The average Bonchev–Trinajstić information content (AvgIpc) is 2.73. The molecule has 0 radical (unpaired) electrons. The standard InChI is InChI=1S/C20H32O3/c1-11-10-20(3)12(8-16(11)21)4-5-13-14(20)6-7-19(2)15(13)9-17(22)18(19)23/h11-15,17-18,22-23H,4-10H2,1-3H3/t11-,12-,13-,14+,15+,17+,18+,19+,20+/m1/s1. The minimum Gasteiger partial charge on any atom is -0.390 e. The van der Waals surface area contributed by atoms with Crippen LogP contribution >= 0.6 is 0 Å². The van der Waals surface area contributed by atoms with E-state index in [1.807, 2.05) is 0 Å². The predicted octanol–water partition coefficient (Wildman–Crippen LogP) is 3.18. The second kappa shape index (κ2) is 5.05. The van der Waals surface area contributed by atoms with Crippen molar-refractivity contribution in [1.29, 1.82) is 0 Å². The maximum absolute atomic E-state index is 12.2. The van der Waals surface area contributed by atoms with Crippen LogP contribution in [0.5, 0.6) is 0 Å². The summed E-state index contributed by atoms with van der Waals surface area (Å²) in [6.07, 6.45) is 6.05. The summed E-state index contributed by atoms with van der Waals surface area (Å²) in [4.78, 5) is 12.2. The van der Waals surface area contributed by atoms with Crippen molar-refractivity contribution >= 4 is 5.78 Å². The highest BCUT2D eigenvalue weighted by atomic mass is 16.3. The molecule has 0 heterocycles. The number of fused-ring (bicyclic) bond motifs is 5. The largest absolute Gasteiger partial charge is 0.390 e. The van der Waals surface area contributed by atoms with E-state index in [9.17, 15) is 15.0 Å². The first-order valence-electron chi connectivity index (χ1n) is 9.66. The van der Waals surface area contributed by atoms with E-state index in [1.54, 1.807) is 0 Å². The van der Waals surface area contributed by atoms with E-state index in [2.05, 4.69) is 20.8 Å². The van der Waals surface area contributed by atoms with Crippen molar-refractivity contribution in [2.24, 2.45) is 40.4 Å². The van der Waals surface area contributed by atoms with Crippen molar-refractivity contribution < 1.29 is 15.0 Å². The summed E-state index contributed by atoms with van der Waals surface area (Å²) < 4.78 is 0. The van der Waals surface area contributed by atoms with Crippen LogP contribution in [0.25, 0.3) is 0 Å². The normalized spacial score (nSPS) is 59.2. The van der Waals surface area contributed by atoms with Gasteiger partial charge in [-0.2, -0.15) is 0 Å². The van der Waals surface area contributed by atoms with Gasteiger partial charge in [-0.1, -0.05) is 20.8 Å². The van der Waals surface area contributed by atoms with Crippen LogP contribution in [-0.4, -0.2) is 28.2 Å². The first kappa shape index (κ1) is 16.1. The number of carbonyl (C=O) groups excluding carboxylic acids is 1. The summed E-state index contributed by atoms with van der Waals surface area (Å²) in [7, 11) is 0. The Kier molecular flexibility index (Phi) is 3.53. The van der Waals surface area contributed by atoms with Gasteiger partial charge < -0.3 is 10.2 Å². The van der Waals surface area contributed by atoms with Gasteiger partial charge in [-0.05, 0) is 73.0 Å².